The summed E-state index contributed by atoms with van der Waals surface area (Å²) in [7, 11) is 0. The van der Waals surface area contributed by atoms with Crippen LogP contribution in [0.4, 0.5) is 5.00 Å². The summed E-state index contributed by atoms with van der Waals surface area (Å²) >= 11 is 1.51. The SMILES string of the molecule is CC(C)(CN)CNc1snc2ccccc12. The first-order chi connectivity index (χ1) is 7.62. The van der Waals surface area contributed by atoms with Gasteiger partial charge in [-0.1, -0.05) is 26.0 Å². The van der Waals surface area contributed by atoms with E-state index in [1.165, 1.54) is 16.9 Å². The number of benzene rings is 1. The number of nitrogens with two attached hydrogens (primary N) is 1. The molecular weight excluding hydrogens is 218 g/mol. The van der Waals surface area contributed by atoms with Crippen molar-refractivity contribution in [2.45, 2.75) is 13.8 Å². The summed E-state index contributed by atoms with van der Waals surface area (Å²) in [5.74, 6) is 0. The zero-order valence-corrected chi connectivity index (χ0v) is 10.5. The first kappa shape index (κ1) is 11.4. The lowest BCUT2D eigenvalue weighted by molar-refractivity contribution is 0.406. The Balaban J connectivity index is 2.16. The molecule has 16 heavy (non-hydrogen) atoms. The highest BCUT2D eigenvalue weighted by atomic mass is 32.1. The van der Waals surface area contributed by atoms with Gasteiger partial charge in [0, 0.05) is 11.9 Å². The van der Waals surface area contributed by atoms with Crippen LogP contribution in [-0.4, -0.2) is 17.5 Å². The molecule has 0 aliphatic carbocycles. The number of hydrogen-bond acceptors (Lipinski definition) is 4. The van der Waals surface area contributed by atoms with Crippen molar-refractivity contribution in [3.8, 4) is 0 Å². The van der Waals surface area contributed by atoms with Crippen molar-refractivity contribution in [3.05, 3.63) is 24.3 Å². The van der Waals surface area contributed by atoms with Gasteiger partial charge < -0.3 is 11.1 Å². The predicted octanol–water partition coefficient (Wildman–Crippen LogP) is 2.69. The van der Waals surface area contributed by atoms with Gasteiger partial charge in [0.05, 0.1) is 5.52 Å². The van der Waals surface area contributed by atoms with E-state index in [2.05, 4.69) is 29.6 Å². The lowest BCUT2D eigenvalue weighted by Crippen LogP contribution is -2.31. The van der Waals surface area contributed by atoms with Gasteiger partial charge in [-0.3, -0.25) is 0 Å². The van der Waals surface area contributed by atoms with Gasteiger partial charge in [-0.2, -0.15) is 4.37 Å². The van der Waals surface area contributed by atoms with Crippen LogP contribution in [0.5, 0.6) is 0 Å². The molecular formula is C12H17N3S. The van der Waals surface area contributed by atoms with E-state index < -0.39 is 0 Å². The van der Waals surface area contributed by atoms with Crippen LogP contribution in [0.3, 0.4) is 0 Å². The van der Waals surface area contributed by atoms with E-state index in [1.807, 2.05) is 18.2 Å². The number of hydrogen-bond donors (Lipinski definition) is 2. The third-order valence-corrected chi connectivity index (χ3v) is 3.50. The van der Waals surface area contributed by atoms with Gasteiger partial charge in [0.1, 0.15) is 5.00 Å². The van der Waals surface area contributed by atoms with Crippen LogP contribution in [0.15, 0.2) is 24.3 Å². The molecule has 0 fully saturated rings. The highest BCUT2D eigenvalue weighted by Gasteiger charge is 2.16. The van der Waals surface area contributed by atoms with E-state index in [0.29, 0.717) is 6.54 Å². The molecule has 0 atom stereocenters. The van der Waals surface area contributed by atoms with Gasteiger partial charge in [0.2, 0.25) is 0 Å². The van der Waals surface area contributed by atoms with Crippen LogP contribution in [0.2, 0.25) is 0 Å². The van der Waals surface area contributed by atoms with E-state index in [4.69, 9.17) is 5.73 Å². The molecule has 3 nitrogen and oxygen atoms in total. The zero-order chi connectivity index (χ0) is 11.6. The van der Waals surface area contributed by atoms with E-state index in [-0.39, 0.29) is 5.41 Å². The number of nitrogens with one attached hydrogen (secondary N) is 1. The lowest BCUT2D eigenvalue weighted by Gasteiger charge is -2.22. The second kappa shape index (κ2) is 4.39. The molecule has 0 aliphatic rings. The number of anilines is 1. The van der Waals surface area contributed by atoms with Gasteiger partial charge >= 0.3 is 0 Å². The number of aromatic nitrogens is 1. The van der Waals surface area contributed by atoms with Crippen molar-refractivity contribution in [1.82, 2.24) is 4.37 Å². The van der Waals surface area contributed by atoms with Gasteiger partial charge in [-0.25, -0.2) is 0 Å². The molecule has 0 bridgehead atoms. The average molecular weight is 235 g/mol. The lowest BCUT2D eigenvalue weighted by atomic mass is 9.94. The largest absolute Gasteiger partial charge is 0.375 e. The smallest absolute Gasteiger partial charge is 0.117 e. The van der Waals surface area contributed by atoms with Gasteiger partial charge in [0.25, 0.3) is 0 Å². The second-order valence-electron chi connectivity index (χ2n) is 4.75. The van der Waals surface area contributed by atoms with Crippen LogP contribution in [0.1, 0.15) is 13.8 Å². The maximum atomic E-state index is 5.71. The molecule has 86 valence electrons. The van der Waals surface area contributed by atoms with Crippen molar-refractivity contribution >= 4 is 27.4 Å². The molecule has 0 aliphatic heterocycles. The van der Waals surface area contributed by atoms with Gasteiger partial charge in [-0.15, -0.1) is 0 Å². The molecule has 1 aromatic heterocycles. The molecule has 1 aromatic carbocycles. The Bertz CT molecular complexity index is 476. The van der Waals surface area contributed by atoms with Crippen molar-refractivity contribution in [2.75, 3.05) is 18.4 Å². The summed E-state index contributed by atoms with van der Waals surface area (Å²) < 4.78 is 4.39. The molecule has 2 aromatic rings. The Labute approximate surface area is 99.8 Å². The maximum absolute atomic E-state index is 5.71. The molecule has 3 N–H and O–H groups in total. The fourth-order valence-electron chi connectivity index (χ4n) is 1.41. The summed E-state index contributed by atoms with van der Waals surface area (Å²) in [4.78, 5) is 0. The fraction of sp³-hybridized carbons (Fsp3) is 0.417. The summed E-state index contributed by atoms with van der Waals surface area (Å²) in [6.45, 7) is 5.86. The van der Waals surface area contributed by atoms with E-state index in [0.717, 1.165) is 17.1 Å². The molecule has 4 heteroatoms. The molecule has 1 heterocycles. The number of nitrogens with zero attached hydrogens (tertiary/aromatic N) is 1. The second-order valence-corrected chi connectivity index (χ2v) is 5.52. The highest BCUT2D eigenvalue weighted by Crippen LogP contribution is 2.28. The Morgan fingerprint density at radius 3 is 2.88 bits per heavy atom. The summed E-state index contributed by atoms with van der Waals surface area (Å²) in [6, 6.07) is 8.17. The first-order valence-corrected chi connectivity index (χ1v) is 6.18. The van der Waals surface area contributed by atoms with Crippen LogP contribution in [-0.2, 0) is 0 Å². The standard InChI is InChI=1S/C12H17N3S/c1-12(2,7-13)8-14-11-9-5-3-4-6-10(9)15-16-11/h3-6,14H,7-8,13H2,1-2H3. The van der Waals surface area contributed by atoms with Crippen LogP contribution in [0.25, 0.3) is 10.9 Å². The van der Waals surface area contributed by atoms with Crippen LogP contribution in [0, 0.1) is 5.41 Å². The molecule has 0 amide bonds. The number of fused-ring (bicyclic) bond motifs is 1. The van der Waals surface area contributed by atoms with Crippen molar-refractivity contribution in [3.63, 3.8) is 0 Å². The average Bonchev–Trinajstić information content (AvgIpc) is 2.70. The Morgan fingerprint density at radius 1 is 1.38 bits per heavy atom. The maximum Gasteiger partial charge on any atom is 0.117 e. The Morgan fingerprint density at radius 2 is 2.12 bits per heavy atom. The summed E-state index contributed by atoms with van der Waals surface area (Å²) in [6.07, 6.45) is 0. The number of rotatable bonds is 4. The minimum absolute atomic E-state index is 0.116. The minimum Gasteiger partial charge on any atom is -0.375 e. The van der Waals surface area contributed by atoms with Crippen LogP contribution >= 0.6 is 11.5 Å². The highest BCUT2D eigenvalue weighted by molar-refractivity contribution is 7.11. The summed E-state index contributed by atoms with van der Waals surface area (Å²) in [5, 5.41) is 5.77. The van der Waals surface area contributed by atoms with Gasteiger partial charge in [0.15, 0.2) is 0 Å². The molecule has 0 radical (unpaired) electrons. The van der Waals surface area contributed by atoms with E-state index in [9.17, 15) is 0 Å². The normalized spacial score (nSPS) is 11.9. The first-order valence-electron chi connectivity index (χ1n) is 5.41. The minimum atomic E-state index is 0.116. The van der Waals surface area contributed by atoms with E-state index in [1.54, 1.807) is 0 Å². The quantitative estimate of drug-likeness (QED) is 0.856. The molecule has 0 saturated carbocycles. The monoisotopic (exact) mass is 235 g/mol. The summed E-state index contributed by atoms with van der Waals surface area (Å²) in [5.41, 5.74) is 6.88. The van der Waals surface area contributed by atoms with Crippen molar-refractivity contribution in [1.29, 1.82) is 0 Å². The fourth-order valence-corrected chi connectivity index (χ4v) is 2.16. The Kier molecular flexibility index (Phi) is 3.12. The third kappa shape index (κ3) is 2.33. The zero-order valence-electron chi connectivity index (χ0n) is 9.66. The van der Waals surface area contributed by atoms with Gasteiger partial charge in [-0.05, 0) is 35.6 Å². The van der Waals surface area contributed by atoms with E-state index >= 15 is 0 Å². The molecule has 0 unspecified atom stereocenters. The predicted molar refractivity (Wildman–Crippen MR) is 70.9 cm³/mol. The topological polar surface area (TPSA) is 50.9 Å². The third-order valence-electron chi connectivity index (χ3n) is 2.66. The molecule has 2 rings (SSSR count). The molecule has 0 spiro atoms. The van der Waals surface area contributed by atoms with Crippen LogP contribution < -0.4 is 11.1 Å². The van der Waals surface area contributed by atoms with Crippen molar-refractivity contribution < 1.29 is 0 Å². The molecule has 0 saturated heterocycles. The Hall–Kier alpha value is -1.13. The van der Waals surface area contributed by atoms with Crippen molar-refractivity contribution in [2.24, 2.45) is 11.1 Å².